The summed E-state index contributed by atoms with van der Waals surface area (Å²) < 4.78 is 7.81. The summed E-state index contributed by atoms with van der Waals surface area (Å²) in [5, 5.41) is 15.0. The van der Waals surface area contributed by atoms with Gasteiger partial charge in [-0.15, -0.1) is 0 Å². The summed E-state index contributed by atoms with van der Waals surface area (Å²) in [6.07, 6.45) is 2.21. The largest absolute Gasteiger partial charge is 0.390 e. The van der Waals surface area contributed by atoms with Gasteiger partial charge in [0.2, 0.25) is 0 Å². The number of fused-ring (bicyclic) bond motifs is 1. The molecule has 1 saturated heterocycles. The third kappa shape index (κ3) is 3.19. The van der Waals surface area contributed by atoms with Crippen LogP contribution in [-0.2, 0) is 11.3 Å². The molecular weight excluding hydrogens is 276 g/mol. The molecule has 0 radical (unpaired) electrons. The van der Waals surface area contributed by atoms with Gasteiger partial charge in [-0.1, -0.05) is 18.2 Å². The van der Waals surface area contributed by atoms with Crippen LogP contribution in [0.2, 0.25) is 0 Å². The Labute approximate surface area is 132 Å². The minimum atomic E-state index is -0.393. The summed E-state index contributed by atoms with van der Waals surface area (Å²) in [4.78, 5) is 0. The lowest BCUT2D eigenvalue weighted by atomic mass is 10.2. The van der Waals surface area contributed by atoms with E-state index in [2.05, 4.69) is 48.0 Å². The van der Waals surface area contributed by atoms with E-state index in [9.17, 15) is 5.11 Å². The predicted molar refractivity (Wildman–Crippen MR) is 89.3 cm³/mol. The Morgan fingerprint density at radius 1 is 1.36 bits per heavy atom. The topological polar surface area (TPSA) is 46.4 Å². The lowest BCUT2D eigenvalue weighted by molar-refractivity contribution is 0.101. The van der Waals surface area contributed by atoms with Gasteiger partial charge in [0.05, 0.1) is 18.8 Å². The molecular formula is C18H26N2O2. The summed E-state index contributed by atoms with van der Waals surface area (Å²) in [5.41, 5.74) is 3.74. The first-order chi connectivity index (χ1) is 10.7. The Morgan fingerprint density at radius 3 is 2.95 bits per heavy atom. The molecule has 1 aliphatic rings. The first kappa shape index (κ1) is 15.5. The highest BCUT2D eigenvalue weighted by molar-refractivity contribution is 5.85. The van der Waals surface area contributed by atoms with Crippen molar-refractivity contribution in [2.45, 2.75) is 45.4 Å². The number of hydrogen-bond acceptors (Lipinski definition) is 3. The molecule has 2 aromatic rings. The minimum absolute atomic E-state index is 0.323. The quantitative estimate of drug-likeness (QED) is 0.861. The predicted octanol–water partition coefficient (Wildman–Crippen LogP) is 2.39. The number of nitrogens with zero attached hydrogens (tertiary/aromatic N) is 1. The molecule has 0 amide bonds. The van der Waals surface area contributed by atoms with Crippen molar-refractivity contribution in [2.75, 3.05) is 19.7 Å². The standard InChI is InChI=1S/C18H26N2O2/c1-13-14(2)20(18-8-4-3-7-17(13)18)12-15(21)10-19-11-16-6-5-9-22-16/h3-4,7-8,15-16,19,21H,5-6,9-12H2,1-2H3/t15-,16-/m0/s1. The number of hydrogen-bond donors (Lipinski definition) is 2. The zero-order chi connectivity index (χ0) is 15.5. The molecule has 0 unspecified atom stereocenters. The van der Waals surface area contributed by atoms with E-state index in [1.54, 1.807) is 0 Å². The van der Waals surface area contributed by atoms with E-state index in [-0.39, 0.29) is 0 Å². The summed E-state index contributed by atoms with van der Waals surface area (Å²) >= 11 is 0. The van der Waals surface area contributed by atoms with Crippen LogP contribution in [0.15, 0.2) is 24.3 Å². The number of benzene rings is 1. The van der Waals surface area contributed by atoms with Gasteiger partial charge >= 0.3 is 0 Å². The van der Waals surface area contributed by atoms with E-state index in [1.165, 1.54) is 22.2 Å². The maximum Gasteiger partial charge on any atom is 0.0843 e. The molecule has 1 aliphatic heterocycles. The molecule has 22 heavy (non-hydrogen) atoms. The Balaban J connectivity index is 1.61. The third-order valence-corrected chi connectivity index (χ3v) is 4.72. The minimum Gasteiger partial charge on any atom is -0.390 e. The van der Waals surface area contributed by atoms with E-state index >= 15 is 0 Å². The number of rotatable bonds is 6. The number of ether oxygens (including phenoxy) is 1. The highest BCUT2D eigenvalue weighted by atomic mass is 16.5. The van der Waals surface area contributed by atoms with Gasteiger partial charge in [0.1, 0.15) is 0 Å². The lowest BCUT2D eigenvalue weighted by Crippen LogP contribution is -2.35. The van der Waals surface area contributed by atoms with Crippen LogP contribution >= 0.6 is 0 Å². The van der Waals surface area contributed by atoms with Crippen molar-refractivity contribution >= 4 is 10.9 Å². The second kappa shape index (κ2) is 6.82. The van der Waals surface area contributed by atoms with Crippen molar-refractivity contribution in [2.24, 2.45) is 0 Å². The van der Waals surface area contributed by atoms with Crippen molar-refractivity contribution in [1.82, 2.24) is 9.88 Å². The monoisotopic (exact) mass is 302 g/mol. The van der Waals surface area contributed by atoms with Gasteiger partial charge in [-0.2, -0.15) is 0 Å². The Hall–Kier alpha value is -1.36. The van der Waals surface area contributed by atoms with Crippen LogP contribution in [0.5, 0.6) is 0 Å². The van der Waals surface area contributed by atoms with Gasteiger partial charge in [-0.25, -0.2) is 0 Å². The summed E-state index contributed by atoms with van der Waals surface area (Å²) in [5.74, 6) is 0. The van der Waals surface area contributed by atoms with Crippen LogP contribution in [0.1, 0.15) is 24.1 Å². The van der Waals surface area contributed by atoms with Crippen molar-refractivity contribution < 1.29 is 9.84 Å². The Kier molecular flexibility index (Phi) is 4.81. The first-order valence-electron chi connectivity index (χ1n) is 8.21. The molecule has 0 aliphatic carbocycles. The van der Waals surface area contributed by atoms with Gasteiger partial charge < -0.3 is 19.7 Å². The molecule has 0 spiro atoms. The maximum absolute atomic E-state index is 10.3. The molecule has 1 aromatic carbocycles. The van der Waals surface area contributed by atoms with E-state index in [0.29, 0.717) is 19.2 Å². The molecule has 1 fully saturated rings. The molecule has 4 nitrogen and oxygen atoms in total. The number of aromatic nitrogens is 1. The number of aryl methyl sites for hydroxylation is 1. The summed E-state index contributed by atoms with van der Waals surface area (Å²) in [6, 6.07) is 8.40. The van der Waals surface area contributed by atoms with Crippen LogP contribution in [-0.4, -0.2) is 41.6 Å². The molecule has 1 aromatic heterocycles. The Morgan fingerprint density at radius 2 is 2.18 bits per heavy atom. The van der Waals surface area contributed by atoms with Crippen LogP contribution in [0.3, 0.4) is 0 Å². The number of para-hydroxylation sites is 1. The zero-order valence-electron chi connectivity index (χ0n) is 13.5. The number of aliphatic hydroxyl groups excluding tert-OH is 1. The summed E-state index contributed by atoms with van der Waals surface area (Å²) in [7, 11) is 0. The first-order valence-corrected chi connectivity index (χ1v) is 8.21. The highest BCUT2D eigenvalue weighted by Crippen LogP contribution is 2.25. The third-order valence-electron chi connectivity index (χ3n) is 4.72. The second-order valence-corrected chi connectivity index (χ2v) is 6.29. The number of nitrogens with one attached hydrogen (secondary N) is 1. The van der Waals surface area contributed by atoms with Crippen LogP contribution < -0.4 is 5.32 Å². The van der Waals surface area contributed by atoms with Gasteiger partial charge in [-0.05, 0) is 38.3 Å². The number of aliphatic hydroxyl groups is 1. The average molecular weight is 302 g/mol. The molecule has 4 heteroatoms. The van der Waals surface area contributed by atoms with Crippen LogP contribution in [0.4, 0.5) is 0 Å². The lowest BCUT2D eigenvalue weighted by Gasteiger charge is -2.17. The zero-order valence-corrected chi connectivity index (χ0v) is 13.5. The highest BCUT2D eigenvalue weighted by Gasteiger charge is 2.16. The molecule has 0 bridgehead atoms. The van der Waals surface area contributed by atoms with Crippen molar-refractivity contribution in [3.63, 3.8) is 0 Å². The van der Waals surface area contributed by atoms with Gasteiger partial charge in [-0.3, -0.25) is 0 Å². The van der Waals surface area contributed by atoms with Gasteiger partial charge in [0.15, 0.2) is 0 Å². The van der Waals surface area contributed by atoms with Gasteiger partial charge in [0, 0.05) is 36.3 Å². The van der Waals surface area contributed by atoms with Crippen molar-refractivity contribution in [3.8, 4) is 0 Å². The van der Waals surface area contributed by atoms with Crippen molar-refractivity contribution in [3.05, 3.63) is 35.5 Å². The molecule has 2 heterocycles. The molecule has 2 atom stereocenters. The van der Waals surface area contributed by atoms with E-state index in [4.69, 9.17) is 4.74 Å². The van der Waals surface area contributed by atoms with Crippen molar-refractivity contribution in [1.29, 1.82) is 0 Å². The Bertz CT molecular complexity index is 629. The normalized spacial score (nSPS) is 19.9. The average Bonchev–Trinajstić information content (AvgIpc) is 3.11. The fourth-order valence-electron chi connectivity index (χ4n) is 3.33. The van der Waals surface area contributed by atoms with E-state index < -0.39 is 6.10 Å². The maximum atomic E-state index is 10.3. The SMILES string of the molecule is Cc1c(C)n(C[C@@H](O)CNC[C@@H]2CCCO2)c2ccccc12. The molecule has 3 rings (SSSR count). The van der Waals surface area contributed by atoms with Crippen LogP contribution in [0, 0.1) is 13.8 Å². The molecule has 0 saturated carbocycles. The second-order valence-electron chi connectivity index (χ2n) is 6.29. The molecule has 120 valence electrons. The van der Waals surface area contributed by atoms with E-state index in [1.807, 2.05) is 0 Å². The van der Waals surface area contributed by atoms with Crippen LogP contribution in [0.25, 0.3) is 10.9 Å². The molecule has 2 N–H and O–H groups in total. The summed E-state index contributed by atoms with van der Waals surface area (Å²) in [6.45, 7) is 7.21. The van der Waals surface area contributed by atoms with Gasteiger partial charge in [0.25, 0.3) is 0 Å². The van der Waals surface area contributed by atoms with E-state index in [0.717, 1.165) is 26.0 Å². The fraction of sp³-hybridized carbons (Fsp3) is 0.556. The fourth-order valence-corrected chi connectivity index (χ4v) is 3.33. The smallest absolute Gasteiger partial charge is 0.0843 e.